The van der Waals surface area contributed by atoms with Crippen LogP contribution in [0, 0.1) is 13.8 Å². The molecule has 0 N–H and O–H groups in total. The van der Waals surface area contributed by atoms with Crippen LogP contribution in [-0.4, -0.2) is 29.6 Å². The van der Waals surface area contributed by atoms with Crippen molar-refractivity contribution in [1.29, 1.82) is 0 Å². The molecule has 4 aromatic rings. The maximum Gasteiger partial charge on any atom is 0.235 e. The van der Waals surface area contributed by atoms with Crippen molar-refractivity contribution in [1.82, 2.24) is 29.6 Å². The second-order valence-electron chi connectivity index (χ2n) is 4.77. The van der Waals surface area contributed by atoms with E-state index in [1.165, 1.54) is 0 Å². The molecule has 0 aliphatic rings. The Morgan fingerprint density at radius 2 is 2.00 bits per heavy atom. The third kappa shape index (κ3) is 1.83. The van der Waals surface area contributed by atoms with Crippen molar-refractivity contribution >= 4 is 27.6 Å². The summed E-state index contributed by atoms with van der Waals surface area (Å²) in [6.45, 7) is 4.01. The first-order valence-corrected chi connectivity index (χ1v) is 8.11. The van der Waals surface area contributed by atoms with E-state index in [1.54, 1.807) is 22.7 Å². The van der Waals surface area contributed by atoms with E-state index in [4.69, 9.17) is 0 Å². The summed E-state index contributed by atoms with van der Waals surface area (Å²) < 4.78 is 3.68. The van der Waals surface area contributed by atoms with Crippen molar-refractivity contribution in [3.05, 3.63) is 28.9 Å². The van der Waals surface area contributed by atoms with Gasteiger partial charge in [0.25, 0.3) is 0 Å². The van der Waals surface area contributed by atoms with Crippen LogP contribution in [0.25, 0.3) is 26.2 Å². The van der Waals surface area contributed by atoms with Crippen LogP contribution in [0.5, 0.6) is 0 Å². The SMILES string of the molecule is Cc1nn(C)c(C)c1-c1nnc2sc(-c3cccs3)nn12. The van der Waals surface area contributed by atoms with Gasteiger partial charge in [0.05, 0.1) is 16.1 Å². The molecule has 0 unspecified atom stereocenters. The van der Waals surface area contributed by atoms with Crippen LogP contribution in [0.15, 0.2) is 17.5 Å². The summed E-state index contributed by atoms with van der Waals surface area (Å²) in [4.78, 5) is 1.95. The Balaban J connectivity index is 1.94. The van der Waals surface area contributed by atoms with Crippen molar-refractivity contribution < 1.29 is 0 Å². The first kappa shape index (κ1) is 12.7. The molecule has 0 aliphatic carbocycles. The monoisotopic (exact) mass is 316 g/mol. The molecule has 0 amide bonds. The van der Waals surface area contributed by atoms with Gasteiger partial charge in [-0.05, 0) is 25.3 Å². The topological polar surface area (TPSA) is 60.9 Å². The van der Waals surface area contributed by atoms with Crippen LogP contribution in [-0.2, 0) is 7.05 Å². The summed E-state index contributed by atoms with van der Waals surface area (Å²) in [6, 6.07) is 4.09. The van der Waals surface area contributed by atoms with Gasteiger partial charge in [0.1, 0.15) is 0 Å². The second-order valence-corrected chi connectivity index (χ2v) is 6.68. The summed E-state index contributed by atoms with van der Waals surface area (Å²) >= 11 is 3.23. The fraction of sp³-hybridized carbons (Fsp3) is 0.231. The molecule has 4 heterocycles. The van der Waals surface area contributed by atoms with Gasteiger partial charge in [-0.3, -0.25) is 4.68 Å². The maximum atomic E-state index is 4.67. The average molecular weight is 316 g/mol. The molecule has 6 nitrogen and oxygen atoms in total. The largest absolute Gasteiger partial charge is 0.272 e. The number of hydrogen-bond donors (Lipinski definition) is 0. The first-order chi connectivity index (χ1) is 10.1. The molecule has 0 radical (unpaired) electrons. The summed E-state index contributed by atoms with van der Waals surface area (Å²) in [5.41, 5.74) is 3.01. The lowest BCUT2D eigenvalue weighted by Crippen LogP contribution is -1.95. The van der Waals surface area contributed by atoms with Crippen LogP contribution in [0.3, 0.4) is 0 Å². The Kier molecular flexibility index (Phi) is 2.69. The van der Waals surface area contributed by atoms with Gasteiger partial charge in [-0.25, -0.2) is 0 Å². The minimum Gasteiger partial charge on any atom is -0.272 e. The van der Waals surface area contributed by atoms with Crippen molar-refractivity contribution in [3.8, 4) is 21.3 Å². The zero-order valence-corrected chi connectivity index (χ0v) is 13.4. The fourth-order valence-corrected chi connectivity index (χ4v) is 4.00. The van der Waals surface area contributed by atoms with Gasteiger partial charge in [0.15, 0.2) is 10.8 Å². The number of hydrogen-bond acceptors (Lipinski definition) is 6. The minimum absolute atomic E-state index is 0.757. The number of aryl methyl sites for hydroxylation is 2. The van der Waals surface area contributed by atoms with Gasteiger partial charge < -0.3 is 0 Å². The molecule has 4 rings (SSSR count). The van der Waals surface area contributed by atoms with E-state index < -0.39 is 0 Å². The van der Waals surface area contributed by atoms with Crippen molar-refractivity contribution in [2.24, 2.45) is 7.05 Å². The summed E-state index contributed by atoms with van der Waals surface area (Å²) in [7, 11) is 1.93. The van der Waals surface area contributed by atoms with E-state index >= 15 is 0 Å². The van der Waals surface area contributed by atoms with E-state index in [0.29, 0.717) is 0 Å². The van der Waals surface area contributed by atoms with Crippen LogP contribution in [0.2, 0.25) is 0 Å². The molecule has 21 heavy (non-hydrogen) atoms. The second kappa shape index (κ2) is 4.47. The molecule has 0 aromatic carbocycles. The highest BCUT2D eigenvalue weighted by Gasteiger charge is 2.20. The Labute approximate surface area is 128 Å². The Bertz CT molecular complexity index is 928. The van der Waals surface area contributed by atoms with Crippen LogP contribution in [0.1, 0.15) is 11.4 Å². The number of thiophene rings is 1. The lowest BCUT2D eigenvalue weighted by atomic mass is 10.2. The molecule has 8 heteroatoms. The number of fused-ring (bicyclic) bond motifs is 1. The molecular weight excluding hydrogens is 304 g/mol. The smallest absolute Gasteiger partial charge is 0.235 e. The van der Waals surface area contributed by atoms with E-state index in [1.807, 2.05) is 41.5 Å². The normalized spacial score (nSPS) is 11.6. The lowest BCUT2D eigenvalue weighted by Gasteiger charge is -1.97. The zero-order chi connectivity index (χ0) is 14.6. The molecule has 0 saturated carbocycles. The highest BCUT2D eigenvalue weighted by Crippen LogP contribution is 2.32. The van der Waals surface area contributed by atoms with Crippen molar-refractivity contribution in [3.63, 3.8) is 0 Å². The Morgan fingerprint density at radius 3 is 2.67 bits per heavy atom. The van der Waals surface area contributed by atoms with Gasteiger partial charge >= 0.3 is 0 Å². The van der Waals surface area contributed by atoms with Crippen molar-refractivity contribution in [2.75, 3.05) is 0 Å². The summed E-state index contributed by atoms with van der Waals surface area (Å²) in [6.07, 6.45) is 0. The number of aromatic nitrogens is 6. The Hall–Kier alpha value is -2.06. The van der Waals surface area contributed by atoms with Crippen molar-refractivity contribution in [2.45, 2.75) is 13.8 Å². The van der Waals surface area contributed by atoms with E-state index in [0.717, 1.165) is 37.6 Å². The van der Waals surface area contributed by atoms with E-state index in [-0.39, 0.29) is 0 Å². The van der Waals surface area contributed by atoms with Gasteiger partial charge in [-0.2, -0.15) is 14.7 Å². The van der Waals surface area contributed by atoms with Gasteiger partial charge in [-0.1, -0.05) is 17.4 Å². The standard InChI is InChI=1S/C13H12N6S2/c1-7-10(8(2)18(3)16-7)11-14-15-13-19(11)17-12(21-13)9-5-4-6-20-9/h4-6H,1-3H3. The van der Waals surface area contributed by atoms with Crippen LogP contribution in [0.4, 0.5) is 0 Å². The molecule has 4 aromatic heterocycles. The molecule has 0 bridgehead atoms. The minimum atomic E-state index is 0.757. The fourth-order valence-electron chi connectivity index (χ4n) is 2.37. The van der Waals surface area contributed by atoms with Gasteiger partial charge in [-0.15, -0.1) is 21.5 Å². The van der Waals surface area contributed by atoms with Gasteiger partial charge in [0.2, 0.25) is 4.96 Å². The van der Waals surface area contributed by atoms with Crippen LogP contribution < -0.4 is 0 Å². The lowest BCUT2D eigenvalue weighted by molar-refractivity contribution is 0.731. The highest BCUT2D eigenvalue weighted by molar-refractivity contribution is 7.23. The summed E-state index contributed by atoms with van der Waals surface area (Å²) in [5.74, 6) is 0.757. The summed E-state index contributed by atoms with van der Waals surface area (Å²) in [5, 5.41) is 20.7. The molecular formula is C13H12N6S2. The van der Waals surface area contributed by atoms with E-state index in [9.17, 15) is 0 Å². The first-order valence-electron chi connectivity index (χ1n) is 6.42. The predicted molar refractivity (Wildman–Crippen MR) is 83.6 cm³/mol. The molecule has 0 atom stereocenters. The molecule has 0 aliphatic heterocycles. The third-order valence-electron chi connectivity index (χ3n) is 3.46. The van der Waals surface area contributed by atoms with Crippen LogP contribution >= 0.6 is 22.7 Å². The molecule has 0 spiro atoms. The number of rotatable bonds is 2. The number of nitrogens with zero attached hydrogens (tertiary/aromatic N) is 6. The molecule has 0 fully saturated rings. The third-order valence-corrected chi connectivity index (χ3v) is 5.39. The average Bonchev–Trinajstić information content (AvgIpc) is 3.16. The zero-order valence-electron chi connectivity index (χ0n) is 11.7. The quantitative estimate of drug-likeness (QED) is 0.570. The predicted octanol–water partition coefficient (Wildman–Crippen LogP) is 2.93. The molecule has 106 valence electrons. The van der Waals surface area contributed by atoms with Gasteiger partial charge in [0, 0.05) is 12.7 Å². The molecule has 0 saturated heterocycles. The Morgan fingerprint density at radius 1 is 1.14 bits per heavy atom. The maximum absolute atomic E-state index is 4.67. The highest BCUT2D eigenvalue weighted by atomic mass is 32.1. The van der Waals surface area contributed by atoms with E-state index in [2.05, 4.69) is 26.5 Å².